The summed E-state index contributed by atoms with van der Waals surface area (Å²) in [5.74, 6) is -0.483. The molecule has 0 saturated heterocycles. The Morgan fingerprint density at radius 2 is 2.00 bits per heavy atom. The van der Waals surface area contributed by atoms with Crippen LogP contribution in [0.2, 0.25) is 0 Å². The summed E-state index contributed by atoms with van der Waals surface area (Å²) >= 11 is 0. The molecule has 0 heterocycles. The molecular weight excluding hydrogens is 228 g/mol. The molecule has 2 aromatic rings. The zero-order chi connectivity index (χ0) is 13.3. The van der Waals surface area contributed by atoms with Gasteiger partial charge in [-0.25, -0.2) is 0 Å². The zero-order valence-electron chi connectivity index (χ0n) is 10.7. The lowest BCUT2D eigenvalue weighted by Crippen LogP contribution is -2.09. The van der Waals surface area contributed by atoms with E-state index in [1.54, 1.807) is 14.0 Å². The minimum absolute atomic E-state index is 0.489. The summed E-state index contributed by atoms with van der Waals surface area (Å²) in [6.07, 6.45) is 0. The lowest BCUT2D eigenvalue weighted by Gasteiger charge is -2.13. The first kappa shape index (κ1) is 12.4. The number of benzene rings is 2. The molecule has 0 fully saturated rings. The van der Waals surface area contributed by atoms with Gasteiger partial charge in [0, 0.05) is 0 Å². The van der Waals surface area contributed by atoms with Crippen LogP contribution in [-0.4, -0.2) is 18.2 Å². The van der Waals surface area contributed by atoms with Gasteiger partial charge in [-0.1, -0.05) is 18.2 Å². The predicted octanol–water partition coefficient (Wildman–Crippen LogP) is 3.34. The first-order chi connectivity index (χ1) is 8.54. The second-order valence-corrected chi connectivity index (χ2v) is 4.43. The van der Waals surface area contributed by atoms with E-state index in [0.717, 1.165) is 27.6 Å². The van der Waals surface area contributed by atoms with Gasteiger partial charge in [-0.2, -0.15) is 0 Å². The number of hydrogen-bond acceptors (Lipinski definition) is 2. The van der Waals surface area contributed by atoms with Crippen LogP contribution in [0.15, 0.2) is 30.3 Å². The number of fused-ring (bicyclic) bond motifs is 1. The van der Waals surface area contributed by atoms with Crippen molar-refractivity contribution in [1.82, 2.24) is 0 Å². The molecule has 3 heteroatoms. The summed E-state index contributed by atoms with van der Waals surface area (Å²) in [5, 5.41) is 11.2. The molecule has 0 saturated carbocycles. The molecule has 0 aliphatic rings. The Labute approximate surface area is 106 Å². The molecule has 0 spiro atoms. The topological polar surface area (TPSA) is 46.5 Å². The Hall–Kier alpha value is -2.03. The van der Waals surface area contributed by atoms with E-state index in [1.165, 1.54) is 0 Å². The van der Waals surface area contributed by atoms with Crippen molar-refractivity contribution in [2.75, 3.05) is 7.11 Å². The quantitative estimate of drug-likeness (QED) is 0.900. The summed E-state index contributed by atoms with van der Waals surface area (Å²) in [7, 11) is 1.63. The van der Waals surface area contributed by atoms with Gasteiger partial charge in [0.2, 0.25) is 0 Å². The molecule has 2 rings (SSSR count). The van der Waals surface area contributed by atoms with E-state index in [2.05, 4.69) is 0 Å². The fraction of sp³-hybridized carbons (Fsp3) is 0.267. The van der Waals surface area contributed by atoms with Crippen LogP contribution in [-0.2, 0) is 4.79 Å². The van der Waals surface area contributed by atoms with Crippen molar-refractivity contribution in [3.63, 3.8) is 0 Å². The van der Waals surface area contributed by atoms with Crippen LogP contribution >= 0.6 is 0 Å². The smallest absolute Gasteiger partial charge is 0.310 e. The summed E-state index contributed by atoms with van der Waals surface area (Å²) in [5.41, 5.74) is 1.88. The highest BCUT2D eigenvalue weighted by Gasteiger charge is 2.17. The zero-order valence-corrected chi connectivity index (χ0v) is 10.7. The highest BCUT2D eigenvalue weighted by molar-refractivity contribution is 5.89. The summed E-state index contributed by atoms with van der Waals surface area (Å²) in [6, 6.07) is 9.65. The maximum Gasteiger partial charge on any atom is 0.310 e. The third kappa shape index (κ3) is 2.04. The van der Waals surface area contributed by atoms with Crippen LogP contribution < -0.4 is 4.74 Å². The largest absolute Gasteiger partial charge is 0.497 e. The first-order valence-corrected chi connectivity index (χ1v) is 5.84. The van der Waals surface area contributed by atoms with E-state index in [1.807, 2.05) is 37.3 Å². The number of methoxy groups -OCH3 is 1. The van der Waals surface area contributed by atoms with Crippen LogP contribution in [0.1, 0.15) is 24.0 Å². The van der Waals surface area contributed by atoms with E-state index in [4.69, 9.17) is 9.84 Å². The van der Waals surface area contributed by atoms with Crippen LogP contribution in [0, 0.1) is 6.92 Å². The SMILES string of the molecule is COc1ccc2c(C)c([C@H](C)C(=O)O)ccc2c1. The number of carboxylic acids is 1. The van der Waals surface area contributed by atoms with Gasteiger partial charge in [-0.3, -0.25) is 4.79 Å². The molecule has 0 aromatic heterocycles. The second-order valence-electron chi connectivity index (χ2n) is 4.43. The molecule has 2 aromatic carbocycles. The van der Waals surface area contributed by atoms with Gasteiger partial charge >= 0.3 is 5.97 Å². The average Bonchev–Trinajstić information content (AvgIpc) is 2.37. The molecule has 3 nitrogen and oxygen atoms in total. The molecule has 0 unspecified atom stereocenters. The van der Waals surface area contributed by atoms with Crippen LogP contribution in [0.4, 0.5) is 0 Å². The molecule has 0 aliphatic heterocycles. The first-order valence-electron chi connectivity index (χ1n) is 5.84. The van der Waals surface area contributed by atoms with Gasteiger partial charge in [0.1, 0.15) is 5.75 Å². The van der Waals surface area contributed by atoms with Crippen molar-refractivity contribution in [2.24, 2.45) is 0 Å². The monoisotopic (exact) mass is 244 g/mol. The van der Waals surface area contributed by atoms with Gasteiger partial charge in [0.15, 0.2) is 0 Å². The van der Waals surface area contributed by atoms with Gasteiger partial charge in [0.05, 0.1) is 13.0 Å². The lowest BCUT2D eigenvalue weighted by molar-refractivity contribution is -0.138. The van der Waals surface area contributed by atoms with E-state index in [-0.39, 0.29) is 0 Å². The predicted molar refractivity (Wildman–Crippen MR) is 71.3 cm³/mol. The van der Waals surface area contributed by atoms with Crippen molar-refractivity contribution >= 4 is 16.7 Å². The van der Waals surface area contributed by atoms with Gasteiger partial charge in [-0.15, -0.1) is 0 Å². The summed E-state index contributed by atoms with van der Waals surface area (Å²) < 4.78 is 5.18. The molecule has 0 aliphatic carbocycles. The third-order valence-corrected chi connectivity index (χ3v) is 3.38. The summed E-state index contributed by atoms with van der Waals surface area (Å²) in [4.78, 5) is 11.1. The Morgan fingerprint density at radius 3 is 2.61 bits per heavy atom. The third-order valence-electron chi connectivity index (χ3n) is 3.38. The van der Waals surface area contributed by atoms with Crippen LogP contribution in [0.25, 0.3) is 10.8 Å². The number of carbonyl (C=O) groups is 1. The maximum atomic E-state index is 11.1. The average molecular weight is 244 g/mol. The van der Waals surface area contributed by atoms with Crippen LogP contribution in [0.3, 0.4) is 0 Å². The molecular formula is C15H16O3. The van der Waals surface area contributed by atoms with Crippen molar-refractivity contribution in [2.45, 2.75) is 19.8 Å². The lowest BCUT2D eigenvalue weighted by atomic mass is 9.92. The highest BCUT2D eigenvalue weighted by atomic mass is 16.5. The van der Waals surface area contributed by atoms with Gasteiger partial charge < -0.3 is 9.84 Å². The van der Waals surface area contributed by atoms with Crippen molar-refractivity contribution in [3.05, 3.63) is 41.5 Å². The molecule has 94 valence electrons. The Kier molecular flexibility index (Phi) is 3.24. The molecule has 1 atom stereocenters. The number of aliphatic carboxylic acids is 1. The summed E-state index contributed by atoms with van der Waals surface area (Å²) in [6.45, 7) is 3.67. The minimum atomic E-state index is -0.800. The van der Waals surface area contributed by atoms with Crippen molar-refractivity contribution in [3.8, 4) is 5.75 Å². The van der Waals surface area contributed by atoms with Crippen molar-refractivity contribution < 1.29 is 14.6 Å². The molecule has 0 amide bonds. The fourth-order valence-corrected chi connectivity index (χ4v) is 2.21. The minimum Gasteiger partial charge on any atom is -0.497 e. The maximum absolute atomic E-state index is 11.1. The van der Waals surface area contributed by atoms with Crippen LogP contribution in [0.5, 0.6) is 5.75 Å². The molecule has 0 bridgehead atoms. The molecule has 1 N–H and O–H groups in total. The molecule has 0 radical (unpaired) electrons. The van der Waals surface area contributed by atoms with E-state index >= 15 is 0 Å². The van der Waals surface area contributed by atoms with E-state index < -0.39 is 11.9 Å². The second kappa shape index (κ2) is 4.69. The standard InChI is InChI=1S/C15H16O3/c1-9-13(10(2)15(16)17)6-4-11-8-12(18-3)5-7-14(9)11/h4-8,10H,1-3H3,(H,16,17)/t10-/m0/s1. The number of rotatable bonds is 3. The fourth-order valence-electron chi connectivity index (χ4n) is 2.21. The number of carboxylic acid groups (broad SMARTS) is 1. The Morgan fingerprint density at radius 1 is 1.28 bits per heavy atom. The normalized spacial score (nSPS) is 12.4. The molecule has 18 heavy (non-hydrogen) atoms. The van der Waals surface area contributed by atoms with Gasteiger partial charge in [-0.05, 0) is 47.9 Å². The van der Waals surface area contributed by atoms with E-state index in [0.29, 0.717) is 0 Å². The number of ether oxygens (including phenoxy) is 1. The Balaban J connectivity index is 2.61. The number of hydrogen-bond donors (Lipinski definition) is 1. The van der Waals surface area contributed by atoms with Gasteiger partial charge in [0.25, 0.3) is 0 Å². The van der Waals surface area contributed by atoms with Crippen molar-refractivity contribution in [1.29, 1.82) is 0 Å². The highest BCUT2D eigenvalue weighted by Crippen LogP contribution is 2.29. The number of aryl methyl sites for hydroxylation is 1. The van der Waals surface area contributed by atoms with E-state index in [9.17, 15) is 4.79 Å². The Bertz CT molecular complexity index is 602.